The predicted octanol–water partition coefficient (Wildman–Crippen LogP) is 24.9. The lowest BCUT2D eigenvalue weighted by Gasteiger charge is -2.21. The normalized spacial score (nSPS) is 15.0. The van der Waals surface area contributed by atoms with Crippen LogP contribution in [-0.4, -0.2) is 95.9 Å². The van der Waals surface area contributed by atoms with Crippen LogP contribution in [0.1, 0.15) is 290 Å². The van der Waals surface area contributed by atoms with E-state index in [0.717, 1.165) is 205 Å². The van der Waals surface area contributed by atoms with Gasteiger partial charge in [0.05, 0.1) is 26.4 Å². The standard InChI is InChI=1S/C91H146O16P2/c1-4-7-10-13-16-19-22-25-28-31-34-36-38-40-42-44-46-48-51-53-56-59-62-65-68-71-74-77-89(94)101-80-86(92)81-103-108(97,98)104-82-87(93)83-105-109(99,100)106-85-88(107-91(96)79-76-73-70-67-64-61-58-55-50-33-30-27-24-21-18-15-12-9-6-3)84-102-90(95)78-75-72-69-66-63-60-57-54-52-49-47-45-43-41-39-37-35-32-29-26-23-20-17-14-11-8-5-2/h7-12,16-21,25-30,34-37,40-43,46-50,55,61,64,86-88,92-93H,4-6,13-15,22-24,31-33,38-39,44-45,51-54,56-60,62-63,65-85H2,1-3H3,(H,97,98)(H,99,100)/b10-7-,11-8-,12-9-,19-16-,20-17-,21-18-,28-25-,29-26-,30-27-,36-34-,37-35-,42-40-,43-41-,48-46-,49-47-,55-50-,64-61-. The maximum atomic E-state index is 13.0. The average Bonchev–Trinajstić information content (AvgIpc) is 0.947. The molecule has 0 radical (unpaired) electrons. The van der Waals surface area contributed by atoms with Crippen molar-refractivity contribution in [3.63, 3.8) is 0 Å². The summed E-state index contributed by atoms with van der Waals surface area (Å²) in [5.41, 5.74) is 0. The van der Waals surface area contributed by atoms with Gasteiger partial charge in [-0.3, -0.25) is 32.5 Å². The molecular formula is C91H146O16P2. The quantitative estimate of drug-likeness (QED) is 0.0146. The van der Waals surface area contributed by atoms with Crippen LogP contribution in [0.5, 0.6) is 0 Å². The number of unbranched alkanes of at least 4 members (excludes halogenated alkanes) is 19. The Hall–Kier alpha value is -5.87. The van der Waals surface area contributed by atoms with Gasteiger partial charge < -0.3 is 34.2 Å². The van der Waals surface area contributed by atoms with Gasteiger partial charge in [-0.1, -0.05) is 311 Å². The number of hydrogen-bond donors (Lipinski definition) is 4. The van der Waals surface area contributed by atoms with Crippen molar-refractivity contribution in [1.29, 1.82) is 0 Å². The SMILES string of the molecule is CC/C=C\C/C=C\C/C=C\C/C=C\C/C=C\C/C=C\CCCCCCCCCCC(=O)OCC(O)COP(=O)(O)OCC(O)COP(=O)(O)OCC(COC(=O)CCCCCCCCCC/C=C\C/C=C\C/C=C\C/C=C\C/C=C\C/C=C\CC)OC(=O)CCCCC/C=C\C/C=C\C/C=C\C/C=C\C/C=C\CC. The fourth-order valence-electron chi connectivity index (χ4n) is 10.3. The van der Waals surface area contributed by atoms with Crippen molar-refractivity contribution in [2.24, 2.45) is 0 Å². The highest BCUT2D eigenvalue weighted by atomic mass is 31.2. The van der Waals surface area contributed by atoms with E-state index in [1.54, 1.807) is 0 Å². The summed E-state index contributed by atoms with van der Waals surface area (Å²) < 4.78 is 61.2. The first-order chi connectivity index (χ1) is 53.2. The second-order valence-corrected chi connectivity index (χ2v) is 29.7. The van der Waals surface area contributed by atoms with E-state index in [4.69, 9.17) is 32.3 Å². The molecule has 0 aromatic heterocycles. The highest BCUT2D eigenvalue weighted by molar-refractivity contribution is 7.47. The van der Waals surface area contributed by atoms with Crippen molar-refractivity contribution in [3.8, 4) is 0 Å². The van der Waals surface area contributed by atoms with E-state index >= 15 is 0 Å². The lowest BCUT2D eigenvalue weighted by molar-refractivity contribution is -0.161. The minimum Gasteiger partial charge on any atom is -0.463 e. The Labute approximate surface area is 660 Å². The average molecular weight is 1560 g/mol. The van der Waals surface area contributed by atoms with Crippen molar-refractivity contribution >= 4 is 33.6 Å². The Kier molecular flexibility index (Phi) is 77.2. The maximum absolute atomic E-state index is 13.0. The smallest absolute Gasteiger partial charge is 0.463 e. The number of carbonyl (C=O) groups excluding carboxylic acids is 3. The third kappa shape index (κ3) is 82.9. The monoisotopic (exact) mass is 1560 g/mol. The van der Waals surface area contributed by atoms with Gasteiger partial charge in [-0.05, 0) is 167 Å². The largest absolute Gasteiger partial charge is 0.472 e. The number of ether oxygens (including phenoxy) is 3. The molecule has 0 fully saturated rings. The zero-order valence-corrected chi connectivity index (χ0v) is 69.2. The lowest BCUT2D eigenvalue weighted by Crippen LogP contribution is -2.30. The second-order valence-electron chi connectivity index (χ2n) is 26.8. The van der Waals surface area contributed by atoms with Crippen molar-refractivity contribution in [1.82, 2.24) is 0 Å². The summed E-state index contributed by atoms with van der Waals surface area (Å²) in [5.74, 6) is -1.64. The molecule has 4 N–H and O–H groups in total. The third-order valence-electron chi connectivity index (χ3n) is 16.5. The molecule has 18 heteroatoms. The van der Waals surface area contributed by atoms with Crippen LogP contribution in [0.25, 0.3) is 0 Å². The topological polar surface area (TPSA) is 231 Å². The van der Waals surface area contributed by atoms with Crippen LogP contribution in [-0.2, 0) is 55.8 Å². The molecule has 0 bridgehead atoms. The molecule has 0 aromatic carbocycles. The zero-order valence-electron chi connectivity index (χ0n) is 67.4. The first kappa shape index (κ1) is 103. The minimum atomic E-state index is -4.96. The van der Waals surface area contributed by atoms with Crippen LogP contribution in [0.3, 0.4) is 0 Å². The molecule has 0 saturated carbocycles. The van der Waals surface area contributed by atoms with E-state index in [0.29, 0.717) is 19.3 Å². The summed E-state index contributed by atoms with van der Waals surface area (Å²) in [4.78, 5) is 58.8. The molecule has 0 saturated heterocycles. The number of aliphatic hydroxyl groups excluding tert-OH is 2. The molecule has 109 heavy (non-hydrogen) atoms. The van der Waals surface area contributed by atoms with Crippen molar-refractivity contribution < 1.29 is 75.8 Å². The Morgan fingerprint density at radius 2 is 0.459 bits per heavy atom. The second kappa shape index (κ2) is 81.6. The molecule has 0 aromatic rings. The summed E-state index contributed by atoms with van der Waals surface area (Å²) in [7, 11) is -9.83. The van der Waals surface area contributed by atoms with Gasteiger partial charge in [0.2, 0.25) is 0 Å². The summed E-state index contributed by atoms with van der Waals surface area (Å²) in [6.45, 7) is 2.26. The minimum absolute atomic E-state index is 0.0548. The zero-order chi connectivity index (χ0) is 79.4. The molecule has 0 rings (SSSR count). The molecule has 5 atom stereocenters. The van der Waals surface area contributed by atoms with E-state index in [2.05, 4.69) is 227 Å². The Bertz CT molecular complexity index is 2810. The van der Waals surface area contributed by atoms with E-state index in [-0.39, 0.29) is 19.3 Å². The lowest BCUT2D eigenvalue weighted by atomic mass is 10.1. The van der Waals surface area contributed by atoms with E-state index in [1.807, 2.05) is 0 Å². The van der Waals surface area contributed by atoms with Crippen molar-refractivity contribution in [3.05, 3.63) is 207 Å². The van der Waals surface area contributed by atoms with E-state index in [9.17, 15) is 43.5 Å². The number of esters is 3. The Morgan fingerprint density at radius 3 is 0.734 bits per heavy atom. The number of phosphoric acid groups is 2. The number of carbonyl (C=O) groups is 3. The van der Waals surface area contributed by atoms with Crippen LogP contribution < -0.4 is 0 Å². The van der Waals surface area contributed by atoms with Crippen LogP contribution in [0.2, 0.25) is 0 Å². The van der Waals surface area contributed by atoms with Crippen LogP contribution in [0, 0.1) is 0 Å². The number of phosphoric ester groups is 2. The molecule has 616 valence electrons. The Balaban J connectivity index is 4.71. The number of aliphatic hydroxyl groups is 2. The molecule has 0 heterocycles. The van der Waals surface area contributed by atoms with E-state index in [1.165, 1.54) is 25.7 Å². The highest BCUT2D eigenvalue weighted by Crippen LogP contribution is 2.45. The number of allylic oxidation sites excluding steroid dienone is 34. The summed E-state index contributed by atoms with van der Waals surface area (Å²) in [5, 5.41) is 20.7. The highest BCUT2D eigenvalue weighted by Gasteiger charge is 2.29. The summed E-state index contributed by atoms with van der Waals surface area (Å²) in [6, 6.07) is 0. The molecule has 0 spiro atoms. The van der Waals surface area contributed by atoms with Gasteiger partial charge in [-0.2, -0.15) is 0 Å². The Morgan fingerprint density at radius 1 is 0.257 bits per heavy atom. The molecule has 0 amide bonds. The first-order valence-electron chi connectivity index (χ1n) is 41.4. The number of hydrogen-bond acceptors (Lipinski definition) is 14. The van der Waals surface area contributed by atoms with Gasteiger partial charge in [0.1, 0.15) is 25.4 Å². The molecule has 5 unspecified atom stereocenters. The molecule has 0 aliphatic heterocycles. The van der Waals surface area contributed by atoms with Crippen LogP contribution in [0.4, 0.5) is 0 Å². The molecular weight excluding hydrogens is 1410 g/mol. The van der Waals surface area contributed by atoms with Gasteiger partial charge >= 0.3 is 33.6 Å². The van der Waals surface area contributed by atoms with Gasteiger partial charge in [-0.15, -0.1) is 0 Å². The molecule has 0 aliphatic rings. The van der Waals surface area contributed by atoms with Crippen LogP contribution >= 0.6 is 15.6 Å². The van der Waals surface area contributed by atoms with Crippen LogP contribution in [0.15, 0.2) is 207 Å². The van der Waals surface area contributed by atoms with Gasteiger partial charge in [0, 0.05) is 19.3 Å². The fraction of sp³-hybridized carbons (Fsp3) is 0.593. The number of rotatable bonds is 76. The van der Waals surface area contributed by atoms with Gasteiger partial charge in [0.25, 0.3) is 0 Å². The molecule has 16 nitrogen and oxygen atoms in total. The predicted molar refractivity (Wildman–Crippen MR) is 454 cm³/mol. The first-order valence-corrected chi connectivity index (χ1v) is 44.4. The van der Waals surface area contributed by atoms with Crippen molar-refractivity contribution in [2.45, 2.75) is 309 Å². The third-order valence-corrected chi connectivity index (χ3v) is 18.4. The molecule has 0 aliphatic carbocycles. The van der Waals surface area contributed by atoms with Gasteiger partial charge in [-0.25, -0.2) is 9.13 Å². The van der Waals surface area contributed by atoms with Crippen molar-refractivity contribution in [2.75, 3.05) is 39.6 Å². The summed E-state index contributed by atoms with van der Waals surface area (Å²) in [6.07, 6.45) is 109. The summed E-state index contributed by atoms with van der Waals surface area (Å²) >= 11 is 0. The maximum Gasteiger partial charge on any atom is 0.472 e. The fourth-order valence-corrected chi connectivity index (χ4v) is 11.9. The van der Waals surface area contributed by atoms with Gasteiger partial charge in [0.15, 0.2) is 6.10 Å². The van der Waals surface area contributed by atoms with E-state index < -0.39 is 91.5 Å².